The second-order valence-corrected chi connectivity index (χ2v) is 6.74. The number of carboxylic acids is 1. The average Bonchev–Trinajstić information content (AvgIpc) is 2.84. The van der Waals surface area contributed by atoms with Crippen molar-refractivity contribution in [3.8, 4) is 0 Å². The van der Waals surface area contributed by atoms with E-state index in [0.717, 1.165) is 38.9 Å². The molecule has 0 aromatic carbocycles. The molecule has 0 bridgehead atoms. The summed E-state index contributed by atoms with van der Waals surface area (Å²) < 4.78 is 0. The van der Waals surface area contributed by atoms with Crippen molar-refractivity contribution in [2.24, 2.45) is 5.92 Å². The second-order valence-electron chi connectivity index (χ2n) is 6.74. The summed E-state index contributed by atoms with van der Waals surface area (Å²) in [5.41, 5.74) is -1.04. The Hall–Kier alpha value is -1.30. The van der Waals surface area contributed by atoms with E-state index in [1.165, 1.54) is 4.90 Å². The molecule has 1 N–H and O–H groups in total. The Morgan fingerprint density at radius 2 is 1.90 bits per heavy atom. The molecule has 2 aliphatic rings. The lowest BCUT2D eigenvalue weighted by Crippen LogP contribution is -2.55. The van der Waals surface area contributed by atoms with Crippen molar-refractivity contribution in [1.82, 2.24) is 14.7 Å². The first-order valence-electron chi connectivity index (χ1n) is 7.79. The molecule has 0 aliphatic carbocycles. The summed E-state index contributed by atoms with van der Waals surface area (Å²) in [7, 11) is 3.91. The number of nitrogens with zero attached hydrogens (tertiary/aromatic N) is 3. The number of amides is 2. The molecule has 0 radical (unpaired) electrons. The van der Waals surface area contributed by atoms with Crippen LogP contribution in [0.1, 0.15) is 32.6 Å². The zero-order valence-electron chi connectivity index (χ0n) is 13.3. The summed E-state index contributed by atoms with van der Waals surface area (Å²) in [5.74, 6) is -0.380. The Bertz CT molecular complexity index is 407. The zero-order valence-corrected chi connectivity index (χ0v) is 13.3. The third kappa shape index (κ3) is 3.31. The molecule has 0 aromatic rings. The molecule has 21 heavy (non-hydrogen) atoms. The first-order valence-corrected chi connectivity index (χ1v) is 7.79. The van der Waals surface area contributed by atoms with Gasteiger partial charge in [0.05, 0.1) is 0 Å². The maximum atomic E-state index is 12.6. The van der Waals surface area contributed by atoms with Crippen LogP contribution < -0.4 is 0 Å². The van der Waals surface area contributed by atoms with Gasteiger partial charge in [-0.2, -0.15) is 0 Å². The minimum Gasteiger partial charge on any atom is -0.480 e. The van der Waals surface area contributed by atoms with Gasteiger partial charge in [-0.1, -0.05) is 0 Å². The van der Waals surface area contributed by atoms with E-state index in [9.17, 15) is 14.7 Å². The first kappa shape index (κ1) is 16.1. The van der Waals surface area contributed by atoms with Crippen LogP contribution in [0.2, 0.25) is 0 Å². The number of hydrogen-bond donors (Lipinski definition) is 1. The van der Waals surface area contributed by atoms with Gasteiger partial charge in [-0.25, -0.2) is 9.59 Å². The molecule has 1 atom stereocenters. The molecule has 2 fully saturated rings. The third-order valence-electron chi connectivity index (χ3n) is 5.03. The van der Waals surface area contributed by atoms with Gasteiger partial charge in [0.1, 0.15) is 5.54 Å². The summed E-state index contributed by atoms with van der Waals surface area (Å²) in [5, 5.41) is 9.41. The Balaban J connectivity index is 1.94. The Labute approximate surface area is 126 Å². The van der Waals surface area contributed by atoms with E-state index in [-0.39, 0.29) is 6.03 Å². The van der Waals surface area contributed by atoms with Crippen molar-refractivity contribution in [1.29, 1.82) is 0 Å². The van der Waals surface area contributed by atoms with Crippen LogP contribution in [0.4, 0.5) is 4.79 Å². The van der Waals surface area contributed by atoms with E-state index in [0.29, 0.717) is 18.9 Å². The van der Waals surface area contributed by atoms with Crippen LogP contribution in [-0.2, 0) is 4.79 Å². The predicted octanol–water partition coefficient (Wildman–Crippen LogP) is 1.32. The number of rotatable bonds is 3. The maximum absolute atomic E-state index is 12.6. The van der Waals surface area contributed by atoms with Gasteiger partial charge < -0.3 is 19.8 Å². The monoisotopic (exact) mass is 297 g/mol. The van der Waals surface area contributed by atoms with Crippen LogP contribution in [0, 0.1) is 5.92 Å². The van der Waals surface area contributed by atoms with Gasteiger partial charge in [-0.05, 0) is 58.7 Å². The molecule has 2 rings (SSSR count). The Morgan fingerprint density at radius 1 is 1.29 bits per heavy atom. The summed E-state index contributed by atoms with van der Waals surface area (Å²) in [6, 6.07) is -0.142. The summed E-state index contributed by atoms with van der Waals surface area (Å²) in [6.45, 7) is 5.06. The fourth-order valence-corrected chi connectivity index (χ4v) is 3.41. The van der Waals surface area contributed by atoms with E-state index in [2.05, 4.69) is 11.9 Å². The molecule has 1 unspecified atom stereocenters. The summed E-state index contributed by atoms with van der Waals surface area (Å²) in [6.07, 6.45) is 3.50. The third-order valence-corrected chi connectivity index (χ3v) is 5.03. The Morgan fingerprint density at radius 3 is 2.48 bits per heavy atom. The number of urea groups is 1. The lowest BCUT2D eigenvalue weighted by molar-refractivity contribution is -0.147. The standard InChI is InChI=1S/C15H27N3O3/c1-15(13(19)20)7-4-8-18(15)14(21)17(3)11-12-5-9-16(2)10-6-12/h12H,4-11H2,1-3H3,(H,19,20). The number of carbonyl (C=O) groups is 2. The molecule has 0 aromatic heterocycles. The quantitative estimate of drug-likeness (QED) is 0.853. The molecule has 2 amide bonds. The highest BCUT2D eigenvalue weighted by Crippen LogP contribution is 2.30. The second kappa shape index (κ2) is 6.22. The normalized spacial score (nSPS) is 27.9. The first-order chi connectivity index (χ1) is 9.84. The van der Waals surface area contributed by atoms with Gasteiger partial charge in [0.2, 0.25) is 0 Å². The van der Waals surface area contributed by atoms with Gasteiger partial charge in [0, 0.05) is 20.1 Å². The highest BCUT2D eigenvalue weighted by molar-refractivity contribution is 5.86. The number of piperidine rings is 1. The topological polar surface area (TPSA) is 64.1 Å². The SMILES string of the molecule is CN1CCC(CN(C)C(=O)N2CCCC2(C)C(=O)O)CC1. The van der Waals surface area contributed by atoms with Crippen LogP contribution >= 0.6 is 0 Å². The predicted molar refractivity (Wildman–Crippen MR) is 80.2 cm³/mol. The Kier molecular flexibility index (Phi) is 4.76. The minimum absolute atomic E-state index is 0.142. The van der Waals surface area contributed by atoms with E-state index in [1.54, 1.807) is 18.9 Å². The van der Waals surface area contributed by atoms with Crippen LogP contribution in [0.3, 0.4) is 0 Å². The highest BCUT2D eigenvalue weighted by Gasteiger charge is 2.46. The molecule has 6 nitrogen and oxygen atoms in total. The van der Waals surface area contributed by atoms with Crippen LogP contribution in [-0.4, -0.2) is 77.6 Å². The van der Waals surface area contributed by atoms with Crippen molar-refractivity contribution in [2.75, 3.05) is 40.3 Å². The lowest BCUT2D eigenvalue weighted by atomic mass is 9.96. The van der Waals surface area contributed by atoms with Crippen molar-refractivity contribution < 1.29 is 14.7 Å². The smallest absolute Gasteiger partial charge is 0.329 e. The van der Waals surface area contributed by atoms with Gasteiger partial charge >= 0.3 is 12.0 Å². The number of carboxylic acid groups (broad SMARTS) is 1. The number of likely N-dealkylation sites (tertiary alicyclic amines) is 2. The van der Waals surface area contributed by atoms with Gasteiger partial charge in [-0.3, -0.25) is 0 Å². The van der Waals surface area contributed by atoms with E-state index >= 15 is 0 Å². The molecular weight excluding hydrogens is 270 g/mol. The number of aliphatic carboxylic acids is 1. The summed E-state index contributed by atoms with van der Waals surface area (Å²) >= 11 is 0. The molecule has 2 heterocycles. The molecule has 120 valence electrons. The van der Waals surface area contributed by atoms with Crippen LogP contribution in [0.5, 0.6) is 0 Å². The molecule has 0 spiro atoms. The van der Waals surface area contributed by atoms with Gasteiger partial charge in [-0.15, -0.1) is 0 Å². The van der Waals surface area contributed by atoms with E-state index in [4.69, 9.17) is 0 Å². The maximum Gasteiger partial charge on any atom is 0.329 e. The summed E-state index contributed by atoms with van der Waals surface area (Å²) in [4.78, 5) is 29.6. The van der Waals surface area contributed by atoms with Crippen molar-refractivity contribution in [3.05, 3.63) is 0 Å². The van der Waals surface area contributed by atoms with Crippen LogP contribution in [0.15, 0.2) is 0 Å². The van der Waals surface area contributed by atoms with E-state index in [1.807, 2.05) is 0 Å². The number of carbonyl (C=O) groups excluding carboxylic acids is 1. The average molecular weight is 297 g/mol. The van der Waals surface area contributed by atoms with Crippen LogP contribution in [0.25, 0.3) is 0 Å². The highest BCUT2D eigenvalue weighted by atomic mass is 16.4. The molecule has 2 aliphatic heterocycles. The van der Waals surface area contributed by atoms with Crippen molar-refractivity contribution >= 4 is 12.0 Å². The zero-order chi connectivity index (χ0) is 15.6. The lowest BCUT2D eigenvalue weighted by Gasteiger charge is -2.37. The number of hydrogen-bond acceptors (Lipinski definition) is 3. The van der Waals surface area contributed by atoms with E-state index < -0.39 is 11.5 Å². The minimum atomic E-state index is -1.04. The fraction of sp³-hybridized carbons (Fsp3) is 0.867. The fourth-order valence-electron chi connectivity index (χ4n) is 3.41. The van der Waals surface area contributed by atoms with Gasteiger partial charge in [0.25, 0.3) is 0 Å². The largest absolute Gasteiger partial charge is 0.480 e. The molecule has 0 saturated carbocycles. The molecule has 2 saturated heterocycles. The molecular formula is C15H27N3O3. The molecule has 6 heteroatoms. The van der Waals surface area contributed by atoms with Crippen molar-refractivity contribution in [2.45, 2.75) is 38.1 Å². The van der Waals surface area contributed by atoms with Crippen molar-refractivity contribution in [3.63, 3.8) is 0 Å². The van der Waals surface area contributed by atoms with Gasteiger partial charge in [0.15, 0.2) is 0 Å².